The second-order valence-electron chi connectivity index (χ2n) is 8.31. The van der Waals surface area contributed by atoms with Crippen LogP contribution < -0.4 is 10.2 Å². The van der Waals surface area contributed by atoms with Crippen LogP contribution in [0.1, 0.15) is 19.8 Å². The van der Waals surface area contributed by atoms with Gasteiger partial charge in [-0.15, -0.1) is 10.2 Å². The molecule has 2 atom stereocenters. The SMILES string of the molecule is C[C@@H](Sc1nnc(-c2ccc(F)cc2)n1C[C@@H]1CCCO1)C(=O)N1CC(=O)Nc2ccccc21. The summed E-state index contributed by atoms with van der Waals surface area (Å²) in [5, 5.41) is 11.6. The molecule has 1 saturated heterocycles. The molecule has 2 aliphatic rings. The molecule has 0 bridgehead atoms. The quantitative estimate of drug-likeness (QED) is 0.540. The highest BCUT2D eigenvalue weighted by atomic mass is 32.2. The minimum Gasteiger partial charge on any atom is -0.376 e. The fourth-order valence-corrected chi connectivity index (χ4v) is 5.12. The van der Waals surface area contributed by atoms with Crippen LogP contribution in [0.3, 0.4) is 0 Å². The first kappa shape index (κ1) is 22.5. The summed E-state index contributed by atoms with van der Waals surface area (Å²) < 4.78 is 21.2. The van der Waals surface area contributed by atoms with Crippen molar-refractivity contribution in [1.82, 2.24) is 14.8 Å². The van der Waals surface area contributed by atoms with Gasteiger partial charge >= 0.3 is 0 Å². The van der Waals surface area contributed by atoms with Gasteiger partial charge in [-0.1, -0.05) is 23.9 Å². The van der Waals surface area contributed by atoms with Crippen LogP contribution in [0.2, 0.25) is 0 Å². The summed E-state index contributed by atoms with van der Waals surface area (Å²) in [7, 11) is 0. The average molecular weight is 482 g/mol. The van der Waals surface area contributed by atoms with Gasteiger partial charge in [0.15, 0.2) is 11.0 Å². The number of halogens is 1. The van der Waals surface area contributed by atoms with E-state index in [2.05, 4.69) is 15.5 Å². The molecule has 2 amide bonds. The maximum Gasteiger partial charge on any atom is 0.244 e. The third-order valence-electron chi connectivity index (χ3n) is 5.90. The summed E-state index contributed by atoms with van der Waals surface area (Å²) in [4.78, 5) is 27.1. The van der Waals surface area contributed by atoms with Crippen molar-refractivity contribution in [2.45, 2.75) is 42.8 Å². The molecule has 3 aromatic rings. The number of rotatable bonds is 6. The minimum absolute atomic E-state index is 0.0261. The first-order valence-electron chi connectivity index (χ1n) is 11.2. The Labute approximate surface area is 200 Å². The normalized spacial score (nSPS) is 18.5. The Bertz CT molecular complexity index is 1210. The number of anilines is 2. The van der Waals surface area contributed by atoms with Crippen LogP contribution in [0.15, 0.2) is 53.7 Å². The fraction of sp³-hybridized carbons (Fsp3) is 0.333. The number of ether oxygens (including phenoxy) is 1. The monoisotopic (exact) mass is 481 g/mol. The molecule has 8 nitrogen and oxygen atoms in total. The van der Waals surface area contributed by atoms with E-state index in [0.717, 1.165) is 18.4 Å². The lowest BCUT2D eigenvalue weighted by atomic mass is 10.2. The van der Waals surface area contributed by atoms with Gasteiger partial charge in [-0.3, -0.25) is 19.1 Å². The lowest BCUT2D eigenvalue weighted by Gasteiger charge is -2.30. The van der Waals surface area contributed by atoms with Crippen LogP contribution in [0.5, 0.6) is 0 Å². The maximum atomic E-state index is 13.5. The molecule has 34 heavy (non-hydrogen) atoms. The van der Waals surface area contributed by atoms with E-state index in [-0.39, 0.29) is 30.3 Å². The van der Waals surface area contributed by atoms with Crippen molar-refractivity contribution in [2.75, 3.05) is 23.4 Å². The fourth-order valence-electron chi connectivity index (χ4n) is 4.20. The number of carbonyl (C=O) groups is 2. The lowest BCUT2D eigenvalue weighted by Crippen LogP contribution is -2.45. The third kappa shape index (κ3) is 4.55. The first-order valence-corrected chi connectivity index (χ1v) is 12.0. The van der Waals surface area contributed by atoms with Gasteiger partial charge in [0.1, 0.15) is 12.4 Å². The summed E-state index contributed by atoms with van der Waals surface area (Å²) in [6.07, 6.45) is 1.95. The molecule has 0 saturated carbocycles. The Hall–Kier alpha value is -3.24. The maximum absolute atomic E-state index is 13.5. The number of benzene rings is 2. The summed E-state index contributed by atoms with van der Waals surface area (Å²) in [6, 6.07) is 13.3. The predicted molar refractivity (Wildman–Crippen MR) is 127 cm³/mol. The topological polar surface area (TPSA) is 89.3 Å². The molecule has 2 aliphatic heterocycles. The van der Waals surface area contributed by atoms with Crippen molar-refractivity contribution in [3.8, 4) is 11.4 Å². The standard InChI is InChI=1S/C24H24FN5O3S/c1-15(23(32)29-14-21(31)26-19-6-2-3-7-20(19)29)34-24-28-27-22(16-8-10-17(25)11-9-16)30(24)13-18-5-4-12-33-18/h2-3,6-11,15,18H,4-5,12-14H2,1H3,(H,26,31)/t15-,18+/m1/s1. The summed E-state index contributed by atoms with van der Waals surface area (Å²) in [6.45, 7) is 3.01. The number of nitrogens with zero attached hydrogens (tertiary/aromatic N) is 4. The van der Waals surface area contributed by atoms with Crippen molar-refractivity contribution in [3.05, 3.63) is 54.3 Å². The van der Waals surface area contributed by atoms with Crippen LogP contribution >= 0.6 is 11.8 Å². The van der Waals surface area contributed by atoms with Gasteiger partial charge in [-0.25, -0.2) is 4.39 Å². The van der Waals surface area contributed by atoms with Crippen LogP contribution in [0, 0.1) is 5.82 Å². The Balaban J connectivity index is 1.41. The van der Waals surface area contributed by atoms with Crippen molar-refractivity contribution in [1.29, 1.82) is 0 Å². The van der Waals surface area contributed by atoms with Crippen LogP contribution in [-0.4, -0.2) is 51.1 Å². The van der Waals surface area contributed by atoms with Crippen molar-refractivity contribution in [3.63, 3.8) is 0 Å². The van der Waals surface area contributed by atoms with E-state index >= 15 is 0 Å². The molecule has 1 fully saturated rings. The summed E-state index contributed by atoms with van der Waals surface area (Å²) in [5.74, 6) is -0.152. The van der Waals surface area contributed by atoms with Crippen molar-refractivity contribution in [2.24, 2.45) is 0 Å². The van der Waals surface area contributed by atoms with E-state index in [4.69, 9.17) is 4.74 Å². The molecular formula is C24H24FN5O3S. The number of para-hydroxylation sites is 2. The molecule has 0 radical (unpaired) electrons. The molecule has 0 aliphatic carbocycles. The van der Waals surface area contributed by atoms with Crippen molar-refractivity contribution >= 4 is 35.0 Å². The molecule has 0 spiro atoms. The second-order valence-corrected chi connectivity index (χ2v) is 9.62. The summed E-state index contributed by atoms with van der Waals surface area (Å²) in [5.41, 5.74) is 2.02. The zero-order valence-corrected chi connectivity index (χ0v) is 19.4. The first-order chi connectivity index (χ1) is 16.5. The zero-order valence-electron chi connectivity index (χ0n) is 18.6. The Morgan fingerprint density at radius 3 is 2.79 bits per heavy atom. The smallest absolute Gasteiger partial charge is 0.244 e. The van der Waals surface area contributed by atoms with E-state index in [1.165, 1.54) is 28.8 Å². The minimum atomic E-state index is -0.521. The van der Waals surface area contributed by atoms with Crippen LogP contribution in [0.25, 0.3) is 11.4 Å². The van der Waals surface area contributed by atoms with Gasteiger partial charge in [0, 0.05) is 12.2 Å². The van der Waals surface area contributed by atoms with E-state index < -0.39 is 5.25 Å². The number of nitrogens with one attached hydrogen (secondary N) is 1. The van der Waals surface area contributed by atoms with Gasteiger partial charge in [-0.2, -0.15) is 0 Å². The molecule has 176 valence electrons. The summed E-state index contributed by atoms with van der Waals surface area (Å²) >= 11 is 1.29. The van der Waals surface area contributed by atoms with Gasteiger partial charge in [-0.05, 0) is 56.2 Å². The number of hydrogen-bond donors (Lipinski definition) is 1. The Morgan fingerprint density at radius 1 is 1.24 bits per heavy atom. The van der Waals surface area contributed by atoms with Gasteiger partial charge < -0.3 is 10.1 Å². The number of carbonyl (C=O) groups excluding carboxylic acids is 2. The molecule has 2 aromatic carbocycles. The molecular weight excluding hydrogens is 457 g/mol. The lowest BCUT2D eigenvalue weighted by molar-refractivity contribution is -0.121. The highest BCUT2D eigenvalue weighted by molar-refractivity contribution is 8.00. The van der Waals surface area contributed by atoms with E-state index in [1.54, 1.807) is 25.1 Å². The number of aromatic nitrogens is 3. The van der Waals surface area contributed by atoms with Gasteiger partial charge in [0.25, 0.3) is 0 Å². The van der Waals surface area contributed by atoms with Gasteiger partial charge in [0.05, 0.1) is 29.3 Å². The largest absolute Gasteiger partial charge is 0.376 e. The molecule has 3 heterocycles. The highest BCUT2D eigenvalue weighted by Crippen LogP contribution is 2.33. The van der Waals surface area contributed by atoms with Crippen LogP contribution in [0.4, 0.5) is 15.8 Å². The number of amides is 2. The Kier molecular flexibility index (Phi) is 6.34. The van der Waals surface area contributed by atoms with Crippen molar-refractivity contribution < 1.29 is 18.7 Å². The van der Waals surface area contributed by atoms with E-state index in [9.17, 15) is 14.0 Å². The van der Waals surface area contributed by atoms with Crippen LogP contribution in [-0.2, 0) is 20.9 Å². The molecule has 10 heteroatoms. The highest BCUT2D eigenvalue weighted by Gasteiger charge is 2.31. The van der Waals surface area contributed by atoms with Gasteiger partial charge in [0.2, 0.25) is 11.8 Å². The number of fused-ring (bicyclic) bond motifs is 1. The zero-order chi connectivity index (χ0) is 23.7. The molecule has 1 aromatic heterocycles. The third-order valence-corrected chi connectivity index (χ3v) is 6.96. The molecule has 1 N–H and O–H groups in total. The number of hydrogen-bond acceptors (Lipinski definition) is 6. The molecule has 0 unspecified atom stereocenters. The Morgan fingerprint density at radius 2 is 2.03 bits per heavy atom. The predicted octanol–water partition coefficient (Wildman–Crippen LogP) is 3.73. The molecule has 5 rings (SSSR count). The van der Waals surface area contributed by atoms with E-state index in [0.29, 0.717) is 35.5 Å². The number of thioether (sulfide) groups is 1. The average Bonchev–Trinajstić information content (AvgIpc) is 3.49. The second kappa shape index (κ2) is 9.55. The van der Waals surface area contributed by atoms with E-state index in [1.807, 2.05) is 22.8 Å².